The topological polar surface area (TPSA) is 64.0 Å². The zero-order chi connectivity index (χ0) is 18.2. The first-order valence-electron chi connectivity index (χ1n) is 7.36. The van der Waals surface area contributed by atoms with Crippen LogP contribution < -0.4 is 4.72 Å². The summed E-state index contributed by atoms with van der Waals surface area (Å²) in [6.07, 6.45) is 0. The highest BCUT2D eigenvalue weighted by Gasteiger charge is 2.21. The van der Waals surface area contributed by atoms with Crippen LogP contribution >= 0.6 is 11.6 Å². The smallest absolute Gasteiger partial charge is 0.264 e. The summed E-state index contributed by atoms with van der Waals surface area (Å²) in [6.45, 7) is 1.95. The third-order valence-electron chi connectivity index (χ3n) is 3.72. The van der Waals surface area contributed by atoms with E-state index >= 15 is 0 Å². The highest BCUT2D eigenvalue weighted by atomic mass is 35.5. The van der Waals surface area contributed by atoms with E-state index in [4.69, 9.17) is 11.6 Å². The first-order chi connectivity index (χ1) is 11.8. The van der Waals surface area contributed by atoms with Crippen LogP contribution in [0.2, 0.25) is 5.02 Å². The molecular formula is C17H15ClFN3O2S. The van der Waals surface area contributed by atoms with Gasteiger partial charge >= 0.3 is 0 Å². The summed E-state index contributed by atoms with van der Waals surface area (Å²) in [5.74, 6) is -0.329. The van der Waals surface area contributed by atoms with E-state index < -0.39 is 15.8 Å². The van der Waals surface area contributed by atoms with Gasteiger partial charge in [0, 0.05) is 18.7 Å². The van der Waals surface area contributed by atoms with Gasteiger partial charge in [-0.15, -0.1) is 0 Å². The molecule has 0 spiro atoms. The van der Waals surface area contributed by atoms with E-state index in [-0.39, 0.29) is 15.7 Å². The minimum Gasteiger partial charge on any atom is -0.264 e. The van der Waals surface area contributed by atoms with Crippen molar-refractivity contribution in [3.05, 3.63) is 64.9 Å². The molecule has 0 aliphatic carbocycles. The molecule has 3 rings (SSSR count). The summed E-state index contributed by atoms with van der Waals surface area (Å²) in [4.78, 5) is -0.200. The molecule has 0 aliphatic heterocycles. The van der Waals surface area contributed by atoms with Gasteiger partial charge in [-0.1, -0.05) is 35.9 Å². The zero-order valence-corrected chi connectivity index (χ0v) is 15.1. The molecule has 130 valence electrons. The van der Waals surface area contributed by atoms with Crippen molar-refractivity contribution in [3.63, 3.8) is 0 Å². The Morgan fingerprint density at radius 2 is 1.88 bits per heavy atom. The van der Waals surface area contributed by atoms with E-state index in [2.05, 4.69) is 9.82 Å². The molecule has 3 aromatic rings. The Morgan fingerprint density at radius 1 is 1.16 bits per heavy atom. The lowest BCUT2D eigenvalue weighted by molar-refractivity contribution is 0.599. The van der Waals surface area contributed by atoms with E-state index in [0.29, 0.717) is 5.69 Å². The minimum atomic E-state index is -3.97. The summed E-state index contributed by atoms with van der Waals surface area (Å²) < 4.78 is 42.1. The molecule has 25 heavy (non-hydrogen) atoms. The first kappa shape index (κ1) is 17.4. The second-order valence-corrected chi connectivity index (χ2v) is 7.59. The molecule has 1 N–H and O–H groups in total. The van der Waals surface area contributed by atoms with Gasteiger partial charge in [-0.25, -0.2) is 12.8 Å². The molecular weight excluding hydrogens is 365 g/mol. The van der Waals surface area contributed by atoms with Gasteiger partial charge < -0.3 is 0 Å². The highest BCUT2D eigenvalue weighted by molar-refractivity contribution is 7.92. The number of halogens is 2. The number of nitrogens with one attached hydrogen (secondary N) is 1. The fourth-order valence-corrected chi connectivity index (χ4v) is 4.05. The maximum absolute atomic E-state index is 13.1. The molecule has 2 aromatic carbocycles. The average molecular weight is 380 g/mol. The molecule has 0 aliphatic rings. The van der Waals surface area contributed by atoms with Crippen molar-refractivity contribution < 1.29 is 12.8 Å². The number of sulfonamides is 1. The van der Waals surface area contributed by atoms with Gasteiger partial charge in [-0.05, 0) is 30.7 Å². The third kappa shape index (κ3) is 3.52. The van der Waals surface area contributed by atoms with E-state index in [0.717, 1.165) is 29.3 Å². The molecule has 0 saturated carbocycles. The van der Waals surface area contributed by atoms with Crippen molar-refractivity contribution >= 4 is 27.4 Å². The normalized spacial score (nSPS) is 11.5. The quantitative estimate of drug-likeness (QED) is 0.745. The minimum absolute atomic E-state index is 0.186. The summed E-state index contributed by atoms with van der Waals surface area (Å²) in [5.41, 5.74) is 2.57. The van der Waals surface area contributed by atoms with Gasteiger partial charge in [-0.2, -0.15) is 5.10 Å². The molecule has 0 radical (unpaired) electrons. The molecule has 0 atom stereocenters. The van der Waals surface area contributed by atoms with Crippen LogP contribution in [-0.4, -0.2) is 18.2 Å². The standard InChI is InChI=1S/C17H15ClFN3O2S/c1-11-5-3-4-6-13(11)15-10-17(22(2)20-15)21-25(23,24)16-8-7-12(19)9-14(16)18/h3-10,21H,1-2H3. The lowest BCUT2D eigenvalue weighted by Crippen LogP contribution is -2.15. The fraction of sp³-hybridized carbons (Fsp3) is 0.118. The average Bonchev–Trinajstić information content (AvgIpc) is 2.87. The Bertz CT molecular complexity index is 1050. The molecule has 1 heterocycles. The van der Waals surface area contributed by atoms with Crippen molar-refractivity contribution in [3.8, 4) is 11.3 Å². The second-order valence-electron chi connectivity index (χ2n) is 5.53. The molecule has 0 saturated heterocycles. The second kappa shape index (κ2) is 6.50. The molecule has 5 nitrogen and oxygen atoms in total. The predicted octanol–water partition coefficient (Wildman–Crippen LogP) is 3.99. The van der Waals surface area contributed by atoms with Gasteiger partial charge in [0.25, 0.3) is 10.0 Å². The number of aromatic nitrogens is 2. The monoisotopic (exact) mass is 379 g/mol. The zero-order valence-electron chi connectivity index (χ0n) is 13.5. The van der Waals surface area contributed by atoms with Crippen LogP contribution in [-0.2, 0) is 17.1 Å². The van der Waals surface area contributed by atoms with Crippen molar-refractivity contribution in [2.75, 3.05) is 4.72 Å². The summed E-state index contributed by atoms with van der Waals surface area (Å²) in [5, 5.41) is 4.17. The number of aryl methyl sites for hydroxylation is 2. The van der Waals surface area contributed by atoms with Crippen LogP contribution in [0, 0.1) is 12.7 Å². The maximum Gasteiger partial charge on any atom is 0.264 e. The molecule has 8 heteroatoms. The first-order valence-corrected chi connectivity index (χ1v) is 9.22. The molecule has 1 aromatic heterocycles. The predicted molar refractivity (Wildman–Crippen MR) is 95.6 cm³/mol. The van der Waals surface area contributed by atoms with Gasteiger partial charge in [-0.3, -0.25) is 9.40 Å². The van der Waals surface area contributed by atoms with Crippen molar-refractivity contribution in [2.24, 2.45) is 7.05 Å². The molecule has 0 bridgehead atoms. The molecule has 0 amide bonds. The molecule has 0 fully saturated rings. The van der Waals surface area contributed by atoms with Crippen LogP contribution in [0.25, 0.3) is 11.3 Å². The highest BCUT2D eigenvalue weighted by Crippen LogP contribution is 2.28. The van der Waals surface area contributed by atoms with Crippen LogP contribution in [0.15, 0.2) is 53.4 Å². The van der Waals surface area contributed by atoms with E-state index in [9.17, 15) is 12.8 Å². The Morgan fingerprint density at radius 3 is 2.56 bits per heavy atom. The van der Waals surface area contributed by atoms with E-state index in [1.54, 1.807) is 13.1 Å². The third-order valence-corrected chi connectivity index (χ3v) is 5.56. The lowest BCUT2D eigenvalue weighted by Gasteiger charge is -2.09. The van der Waals surface area contributed by atoms with Crippen molar-refractivity contribution in [1.82, 2.24) is 9.78 Å². The number of hydrogen-bond acceptors (Lipinski definition) is 3. The fourth-order valence-electron chi connectivity index (χ4n) is 2.44. The number of nitrogens with zero attached hydrogens (tertiary/aromatic N) is 2. The number of rotatable bonds is 4. The Labute approximate surface area is 150 Å². The van der Waals surface area contributed by atoms with Gasteiger partial charge in [0.05, 0.1) is 10.7 Å². The SMILES string of the molecule is Cc1ccccc1-c1cc(NS(=O)(=O)c2ccc(F)cc2Cl)n(C)n1. The van der Waals surface area contributed by atoms with Crippen LogP contribution in [0.1, 0.15) is 5.56 Å². The van der Waals surface area contributed by atoms with Crippen LogP contribution in [0.3, 0.4) is 0 Å². The largest absolute Gasteiger partial charge is 0.264 e. The Hall–Kier alpha value is -2.38. The van der Waals surface area contributed by atoms with Crippen LogP contribution in [0.5, 0.6) is 0 Å². The molecule has 0 unspecified atom stereocenters. The number of benzene rings is 2. The van der Waals surface area contributed by atoms with Gasteiger partial charge in [0.15, 0.2) is 0 Å². The van der Waals surface area contributed by atoms with Crippen LogP contribution in [0.4, 0.5) is 10.2 Å². The number of anilines is 1. The van der Waals surface area contributed by atoms with Gasteiger partial charge in [0.1, 0.15) is 16.5 Å². The van der Waals surface area contributed by atoms with E-state index in [1.807, 2.05) is 31.2 Å². The maximum atomic E-state index is 13.1. The lowest BCUT2D eigenvalue weighted by atomic mass is 10.1. The Kier molecular flexibility index (Phi) is 4.53. The summed E-state index contributed by atoms with van der Waals surface area (Å²) in [7, 11) is -2.34. The Balaban J connectivity index is 1.97. The van der Waals surface area contributed by atoms with Crippen molar-refractivity contribution in [1.29, 1.82) is 0 Å². The summed E-state index contributed by atoms with van der Waals surface area (Å²) >= 11 is 5.86. The summed E-state index contributed by atoms with van der Waals surface area (Å²) in [6, 6.07) is 12.4. The number of hydrogen-bond donors (Lipinski definition) is 1. The van der Waals surface area contributed by atoms with Crippen molar-refractivity contribution in [2.45, 2.75) is 11.8 Å². The van der Waals surface area contributed by atoms with Gasteiger partial charge in [0.2, 0.25) is 0 Å². The van der Waals surface area contributed by atoms with E-state index in [1.165, 1.54) is 4.68 Å².